The average Bonchev–Trinajstić information content (AvgIpc) is 3.01. The van der Waals surface area contributed by atoms with Crippen molar-refractivity contribution < 1.29 is 4.79 Å². The normalized spacial score (nSPS) is 31.3. The fourth-order valence-corrected chi connectivity index (χ4v) is 7.05. The number of carbonyl (C=O) groups excluding carboxylic acids is 1. The molecule has 1 aromatic carbocycles. The van der Waals surface area contributed by atoms with Gasteiger partial charge in [-0.1, -0.05) is 36.4 Å². The van der Waals surface area contributed by atoms with Crippen molar-refractivity contribution in [3.05, 3.63) is 48.0 Å². The first-order valence-corrected chi connectivity index (χ1v) is 9.05. The van der Waals surface area contributed by atoms with Gasteiger partial charge in [-0.3, -0.25) is 9.69 Å². The van der Waals surface area contributed by atoms with E-state index < -0.39 is 0 Å². The number of nitrogens with zero attached hydrogens (tertiary/aromatic N) is 1. The van der Waals surface area contributed by atoms with Crippen molar-refractivity contribution in [2.24, 2.45) is 0 Å². The summed E-state index contributed by atoms with van der Waals surface area (Å²) in [5.74, 6) is 2.73. The molecular formula is C16H17NOS2. The fourth-order valence-electron chi connectivity index (χ4n) is 3.53. The van der Waals surface area contributed by atoms with Crippen LogP contribution in [0.2, 0.25) is 0 Å². The highest BCUT2D eigenvalue weighted by Gasteiger charge is 2.56. The van der Waals surface area contributed by atoms with E-state index in [4.69, 9.17) is 0 Å². The monoisotopic (exact) mass is 303 g/mol. The summed E-state index contributed by atoms with van der Waals surface area (Å²) in [6.45, 7) is 0.884. The van der Waals surface area contributed by atoms with Crippen LogP contribution in [-0.4, -0.2) is 38.4 Å². The van der Waals surface area contributed by atoms with E-state index in [0.717, 1.165) is 13.0 Å². The first-order valence-electron chi connectivity index (χ1n) is 7.08. The Morgan fingerprint density at radius 3 is 2.70 bits per heavy atom. The Morgan fingerprint density at radius 2 is 1.95 bits per heavy atom. The predicted molar refractivity (Wildman–Crippen MR) is 86.0 cm³/mol. The summed E-state index contributed by atoms with van der Waals surface area (Å²) in [4.78, 5) is 14.7. The van der Waals surface area contributed by atoms with Crippen molar-refractivity contribution in [1.82, 2.24) is 4.90 Å². The number of fused-ring (bicyclic) bond motifs is 3. The zero-order valence-corrected chi connectivity index (χ0v) is 12.8. The number of hydrogen-bond acceptors (Lipinski definition) is 4. The Kier molecular flexibility index (Phi) is 3.20. The lowest BCUT2D eigenvalue weighted by Crippen LogP contribution is -2.44. The first-order chi connectivity index (χ1) is 9.78. The molecule has 2 saturated heterocycles. The minimum absolute atomic E-state index is 0.0864. The number of thioether (sulfide) groups is 2. The standard InChI is InChI=1S/C16H17NOS2/c18-14-6-7-15-16(19-8-9-20-16)10-13(14)17(15)11-12-4-2-1-3-5-12/h1-7,13,15H,8-11H2. The van der Waals surface area contributed by atoms with Gasteiger partial charge in [-0.15, -0.1) is 23.5 Å². The lowest BCUT2D eigenvalue weighted by atomic mass is 10.1. The van der Waals surface area contributed by atoms with E-state index in [2.05, 4.69) is 58.8 Å². The molecule has 0 aromatic heterocycles. The Labute approximate surface area is 128 Å². The summed E-state index contributed by atoms with van der Waals surface area (Å²) in [5, 5.41) is 0. The van der Waals surface area contributed by atoms with Gasteiger partial charge >= 0.3 is 0 Å². The topological polar surface area (TPSA) is 20.3 Å². The van der Waals surface area contributed by atoms with Crippen molar-refractivity contribution in [2.75, 3.05) is 11.5 Å². The quantitative estimate of drug-likeness (QED) is 0.837. The molecule has 3 heterocycles. The molecule has 0 saturated carbocycles. The van der Waals surface area contributed by atoms with Gasteiger partial charge in [-0.25, -0.2) is 0 Å². The van der Waals surface area contributed by atoms with Crippen LogP contribution >= 0.6 is 23.5 Å². The molecule has 0 amide bonds. The average molecular weight is 303 g/mol. The highest BCUT2D eigenvalue weighted by atomic mass is 32.2. The minimum atomic E-state index is 0.0864. The molecule has 2 atom stereocenters. The summed E-state index contributed by atoms with van der Waals surface area (Å²) in [6.07, 6.45) is 4.98. The molecule has 104 valence electrons. The minimum Gasteiger partial charge on any atom is -0.293 e. The van der Waals surface area contributed by atoms with Crippen molar-refractivity contribution in [2.45, 2.75) is 29.1 Å². The van der Waals surface area contributed by atoms with E-state index in [0.29, 0.717) is 11.8 Å². The molecule has 2 bridgehead atoms. The SMILES string of the molecule is O=C1C=CC2N(Cc3ccccc3)C1CC21SCCS1. The summed E-state index contributed by atoms with van der Waals surface area (Å²) < 4.78 is 0.224. The summed E-state index contributed by atoms with van der Waals surface area (Å²) in [7, 11) is 0. The highest BCUT2D eigenvalue weighted by Crippen LogP contribution is 2.57. The Balaban J connectivity index is 1.66. The molecule has 4 rings (SSSR count). The zero-order valence-electron chi connectivity index (χ0n) is 11.2. The van der Waals surface area contributed by atoms with E-state index in [1.54, 1.807) is 0 Å². The van der Waals surface area contributed by atoms with Crippen molar-refractivity contribution >= 4 is 29.3 Å². The summed E-state index contributed by atoms with van der Waals surface area (Å²) >= 11 is 4.13. The van der Waals surface area contributed by atoms with Crippen LogP contribution in [-0.2, 0) is 11.3 Å². The van der Waals surface area contributed by atoms with E-state index in [1.165, 1.54) is 17.1 Å². The van der Waals surface area contributed by atoms with E-state index in [9.17, 15) is 4.79 Å². The maximum atomic E-state index is 12.2. The third kappa shape index (κ3) is 1.97. The Bertz CT molecular complexity index is 551. The van der Waals surface area contributed by atoms with Crippen LogP contribution < -0.4 is 0 Å². The van der Waals surface area contributed by atoms with Gasteiger partial charge in [0.15, 0.2) is 5.78 Å². The van der Waals surface area contributed by atoms with E-state index in [1.807, 2.05) is 12.1 Å². The maximum Gasteiger partial charge on any atom is 0.172 e. The molecule has 4 heteroatoms. The molecule has 20 heavy (non-hydrogen) atoms. The second-order valence-corrected chi connectivity index (χ2v) is 8.70. The molecule has 2 nitrogen and oxygen atoms in total. The fraction of sp³-hybridized carbons (Fsp3) is 0.438. The Hall–Kier alpha value is -0.710. The highest BCUT2D eigenvalue weighted by molar-refractivity contribution is 8.21. The lowest BCUT2D eigenvalue weighted by molar-refractivity contribution is -0.119. The van der Waals surface area contributed by atoms with Crippen LogP contribution in [0.3, 0.4) is 0 Å². The molecule has 3 aliphatic heterocycles. The summed E-state index contributed by atoms with van der Waals surface area (Å²) in [6, 6.07) is 11.0. The van der Waals surface area contributed by atoms with Gasteiger partial charge in [0.2, 0.25) is 0 Å². The Morgan fingerprint density at radius 1 is 1.20 bits per heavy atom. The molecule has 0 radical (unpaired) electrons. The molecule has 0 N–H and O–H groups in total. The van der Waals surface area contributed by atoms with Gasteiger partial charge in [-0.2, -0.15) is 0 Å². The first kappa shape index (κ1) is 13.0. The van der Waals surface area contributed by atoms with Gasteiger partial charge < -0.3 is 0 Å². The number of hydrogen-bond donors (Lipinski definition) is 0. The lowest BCUT2D eigenvalue weighted by Gasteiger charge is -2.34. The van der Waals surface area contributed by atoms with Crippen LogP contribution in [0, 0.1) is 0 Å². The van der Waals surface area contributed by atoms with Gasteiger partial charge in [0, 0.05) is 18.1 Å². The van der Waals surface area contributed by atoms with Crippen LogP contribution in [0.15, 0.2) is 42.5 Å². The molecule has 1 spiro atoms. The number of ketones is 1. The molecule has 1 aromatic rings. The molecule has 2 unspecified atom stereocenters. The van der Waals surface area contributed by atoms with E-state index >= 15 is 0 Å². The van der Waals surface area contributed by atoms with Gasteiger partial charge in [0.1, 0.15) is 0 Å². The molecular weight excluding hydrogens is 286 g/mol. The third-order valence-corrected chi connectivity index (χ3v) is 8.02. The molecule has 2 fully saturated rings. The summed E-state index contributed by atoms with van der Waals surface area (Å²) in [5.41, 5.74) is 1.30. The molecule has 0 aliphatic carbocycles. The molecule has 3 aliphatic rings. The van der Waals surface area contributed by atoms with Crippen LogP contribution in [0.4, 0.5) is 0 Å². The van der Waals surface area contributed by atoms with E-state index in [-0.39, 0.29) is 10.1 Å². The van der Waals surface area contributed by atoms with Crippen molar-refractivity contribution in [3.8, 4) is 0 Å². The van der Waals surface area contributed by atoms with Crippen molar-refractivity contribution in [3.63, 3.8) is 0 Å². The van der Waals surface area contributed by atoms with Crippen LogP contribution in [0.5, 0.6) is 0 Å². The smallest absolute Gasteiger partial charge is 0.172 e. The number of carbonyl (C=O) groups is 1. The number of rotatable bonds is 2. The van der Waals surface area contributed by atoms with Crippen LogP contribution in [0.1, 0.15) is 12.0 Å². The zero-order chi connectivity index (χ0) is 13.6. The number of benzene rings is 1. The van der Waals surface area contributed by atoms with Gasteiger partial charge in [0.25, 0.3) is 0 Å². The van der Waals surface area contributed by atoms with Gasteiger partial charge in [-0.05, 0) is 18.1 Å². The van der Waals surface area contributed by atoms with Crippen LogP contribution in [0.25, 0.3) is 0 Å². The van der Waals surface area contributed by atoms with Gasteiger partial charge in [0.05, 0.1) is 16.2 Å². The largest absolute Gasteiger partial charge is 0.293 e. The predicted octanol–water partition coefficient (Wildman–Crippen LogP) is 2.94. The third-order valence-electron chi connectivity index (χ3n) is 4.44. The van der Waals surface area contributed by atoms with Crippen molar-refractivity contribution in [1.29, 1.82) is 0 Å². The second-order valence-electron chi connectivity index (χ2n) is 5.59. The second kappa shape index (κ2) is 4.93. The maximum absolute atomic E-state index is 12.2.